The fraction of sp³-hybridized carbons (Fsp3) is 0.333. The van der Waals surface area contributed by atoms with Gasteiger partial charge in [0, 0.05) is 17.7 Å². The lowest BCUT2D eigenvalue weighted by Crippen LogP contribution is -2.34. The molecular weight excluding hydrogens is 258 g/mol. The van der Waals surface area contributed by atoms with Gasteiger partial charge in [0.05, 0.1) is 13.5 Å². The summed E-state index contributed by atoms with van der Waals surface area (Å²) in [6.07, 6.45) is 3.51. The van der Waals surface area contributed by atoms with Crippen LogP contribution in [0.1, 0.15) is 25.3 Å². The van der Waals surface area contributed by atoms with Gasteiger partial charge in [0.25, 0.3) is 0 Å². The van der Waals surface area contributed by atoms with E-state index in [0.717, 1.165) is 5.56 Å². The number of para-hydroxylation sites is 1. The summed E-state index contributed by atoms with van der Waals surface area (Å²) in [5.74, 6) is -0.566. The molecule has 0 heterocycles. The number of carbonyl (C=O) groups excluding carboxylic acids is 1. The second-order valence-electron chi connectivity index (χ2n) is 4.29. The molecule has 5 nitrogen and oxygen atoms in total. The minimum atomic E-state index is -0.925. The van der Waals surface area contributed by atoms with Gasteiger partial charge in [0.2, 0.25) is 5.91 Å². The van der Waals surface area contributed by atoms with Crippen molar-refractivity contribution in [3.8, 4) is 5.75 Å². The third-order valence-corrected chi connectivity index (χ3v) is 2.81. The van der Waals surface area contributed by atoms with Gasteiger partial charge in [-0.1, -0.05) is 25.1 Å². The molecule has 1 rings (SSSR count). The van der Waals surface area contributed by atoms with Crippen LogP contribution in [0.25, 0.3) is 6.08 Å². The van der Waals surface area contributed by atoms with Crippen molar-refractivity contribution >= 4 is 18.0 Å². The molecule has 0 aromatic heterocycles. The molecule has 1 atom stereocenters. The number of hydrogen-bond donors (Lipinski definition) is 2. The van der Waals surface area contributed by atoms with Crippen molar-refractivity contribution in [3.05, 3.63) is 35.9 Å². The molecule has 20 heavy (non-hydrogen) atoms. The Morgan fingerprint density at radius 2 is 2.10 bits per heavy atom. The molecule has 2 N–H and O–H groups in total. The summed E-state index contributed by atoms with van der Waals surface area (Å²) in [7, 11) is 1.56. The lowest BCUT2D eigenvalue weighted by atomic mass is 10.1. The van der Waals surface area contributed by atoms with E-state index in [2.05, 4.69) is 5.32 Å². The number of rotatable bonds is 7. The normalized spacial score (nSPS) is 12.1. The van der Waals surface area contributed by atoms with Crippen LogP contribution in [0.5, 0.6) is 5.75 Å². The first-order chi connectivity index (χ1) is 9.56. The summed E-state index contributed by atoms with van der Waals surface area (Å²) in [6, 6.07) is 6.96. The van der Waals surface area contributed by atoms with Crippen LogP contribution in [0.3, 0.4) is 0 Å². The zero-order valence-electron chi connectivity index (χ0n) is 11.6. The van der Waals surface area contributed by atoms with Crippen molar-refractivity contribution in [1.82, 2.24) is 5.32 Å². The Morgan fingerprint density at radius 1 is 1.40 bits per heavy atom. The van der Waals surface area contributed by atoms with E-state index >= 15 is 0 Å². The second kappa shape index (κ2) is 7.99. The standard InChI is InChI=1S/C15H19NO4/c1-3-12(10-15(18)19)16-14(17)9-8-11-6-4-5-7-13(11)20-2/h4-9,12H,3,10H2,1-2H3,(H,16,17)(H,18,19)/b9-8+. The molecule has 1 aromatic rings. The quantitative estimate of drug-likeness (QED) is 0.748. The zero-order valence-corrected chi connectivity index (χ0v) is 11.6. The van der Waals surface area contributed by atoms with Crippen LogP contribution in [0, 0.1) is 0 Å². The van der Waals surface area contributed by atoms with E-state index in [0.29, 0.717) is 12.2 Å². The second-order valence-corrected chi connectivity index (χ2v) is 4.29. The number of ether oxygens (including phenoxy) is 1. The van der Waals surface area contributed by atoms with Gasteiger partial charge in [-0.05, 0) is 18.6 Å². The van der Waals surface area contributed by atoms with Gasteiger partial charge in [-0.2, -0.15) is 0 Å². The number of carboxylic acids is 1. The summed E-state index contributed by atoms with van der Waals surface area (Å²) in [5, 5.41) is 11.4. The number of carbonyl (C=O) groups is 2. The SMILES string of the molecule is CCC(CC(=O)O)NC(=O)/C=C/c1ccccc1OC. The Labute approximate surface area is 118 Å². The molecule has 0 spiro atoms. The monoisotopic (exact) mass is 277 g/mol. The molecule has 1 amide bonds. The highest BCUT2D eigenvalue weighted by Crippen LogP contribution is 2.18. The average molecular weight is 277 g/mol. The van der Waals surface area contributed by atoms with Gasteiger partial charge in [-0.25, -0.2) is 0 Å². The van der Waals surface area contributed by atoms with Crippen LogP contribution in [0.2, 0.25) is 0 Å². The molecule has 0 saturated heterocycles. The first-order valence-electron chi connectivity index (χ1n) is 6.40. The number of hydrogen-bond acceptors (Lipinski definition) is 3. The van der Waals surface area contributed by atoms with Crippen molar-refractivity contribution < 1.29 is 19.4 Å². The highest BCUT2D eigenvalue weighted by Gasteiger charge is 2.12. The van der Waals surface area contributed by atoms with Crippen LogP contribution < -0.4 is 10.1 Å². The molecule has 108 valence electrons. The van der Waals surface area contributed by atoms with E-state index in [1.54, 1.807) is 19.3 Å². The Kier molecular flexibility index (Phi) is 6.29. The first kappa shape index (κ1) is 15.8. The zero-order chi connectivity index (χ0) is 15.0. The Bertz CT molecular complexity index is 496. The summed E-state index contributed by atoms with van der Waals surface area (Å²) in [5.41, 5.74) is 0.788. The number of nitrogens with one attached hydrogen (secondary N) is 1. The van der Waals surface area contributed by atoms with Gasteiger partial charge in [-0.15, -0.1) is 0 Å². The maximum Gasteiger partial charge on any atom is 0.305 e. The molecule has 0 radical (unpaired) electrons. The lowest BCUT2D eigenvalue weighted by Gasteiger charge is -2.13. The minimum absolute atomic E-state index is 0.0786. The van der Waals surface area contributed by atoms with Crippen molar-refractivity contribution in [1.29, 1.82) is 0 Å². The van der Waals surface area contributed by atoms with Crippen molar-refractivity contribution in [2.24, 2.45) is 0 Å². The van der Waals surface area contributed by atoms with E-state index in [1.807, 2.05) is 25.1 Å². The summed E-state index contributed by atoms with van der Waals surface area (Å²) < 4.78 is 5.17. The largest absolute Gasteiger partial charge is 0.496 e. The molecule has 1 unspecified atom stereocenters. The van der Waals surface area contributed by atoms with Crippen LogP contribution in [0.15, 0.2) is 30.3 Å². The van der Waals surface area contributed by atoms with Crippen molar-refractivity contribution in [3.63, 3.8) is 0 Å². The molecule has 0 bridgehead atoms. The fourth-order valence-electron chi connectivity index (χ4n) is 1.73. The lowest BCUT2D eigenvalue weighted by molar-refractivity contribution is -0.137. The van der Waals surface area contributed by atoms with Crippen LogP contribution in [-0.4, -0.2) is 30.1 Å². The highest BCUT2D eigenvalue weighted by atomic mass is 16.5. The molecule has 1 aromatic carbocycles. The van der Waals surface area contributed by atoms with Crippen LogP contribution in [-0.2, 0) is 9.59 Å². The number of aliphatic carboxylic acids is 1. The predicted molar refractivity (Wildman–Crippen MR) is 76.5 cm³/mol. The van der Waals surface area contributed by atoms with E-state index in [9.17, 15) is 9.59 Å². The average Bonchev–Trinajstić information content (AvgIpc) is 2.44. The van der Waals surface area contributed by atoms with Gasteiger partial charge in [0.1, 0.15) is 5.75 Å². The molecule has 0 fully saturated rings. The highest BCUT2D eigenvalue weighted by molar-refractivity contribution is 5.92. The van der Waals surface area contributed by atoms with Crippen molar-refractivity contribution in [2.75, 3.05) is 7.11 Å². The third kappa shape index (κ3) is 5.14. The summed E-state index contributed by atoms with van der Waals surface area (Å²) in [6.45, 7) is 1.83. The predicted octanol–water partition coefficient (Wildman–Crippen LogP) is 2.08. The molecule has 0 aliphatic heterocycles. The third-order valence-electron chi connectivity index (χ3n) is 2.81. The van der Waals surface area contributed by atoms with Gasteiger partial charge in [0.15, 0.2) is 0 Å². The smallest absolute Gasteiger partial charge is 0.305 e. The minimum Gasteiger partial charge on any atom is -0.496 e. The van der Waals surface area contributed by atoms with Crippen LogP contribution >= 0.6 is 0 Å². The number of benzene rings is 1. The molecule has 0 aliphatic rings. The van der Waals surface area contributed by atoms with E-state index in [4.69, 9.17) is 9.84 Å². The summed E-state index contributed by atoms with van der Waals surface area (Å²) in [4.78, 5) is 22.4. The Balaban J connectivity index is 2.65. The molecular formula is C15H19NO4. The maximum atomic E-state index is 11.7. The first-order valence-corrected chi connectivity index (χ1v) is 6.40. The van der Waals surface area contributed by atoms with E-state index < -0.39 is 5.97 Å². The Hall–Kier alpha value is -2.30. The van der Waals surface area contributed by atoms with Gasteiger partial charge >= 0.3 is 5.97 Å². The number of amides is 1. The fourth-order valence-corrected chi connectivity index (χ4v) is 1.73. The van der Waals surface area contributed by atoms with Crippen LogP contribution in [0.4, 0.5) is 0 Å². The maximum absolute atomic E-state index is 11.7. The number of carboxylic acid groups (broad SMARTS) is 1. The topological polar surface area (TPSA) is 75.6 Å². The van der Waals surface area contributed by atoms with Gasteiger partial charge in [-0.3, -0.25) is 9.59 Å². The number of methoxy groups -OCH3 is 1. The van der Waals surface area contributed by atoms with Gasteiger partial charge < -0.3 is 15.2 Å². The summed E-state index contributed by atoms with van der Waals surface area (Å²) >= 11 is 0. The van der Waals surface area contributed by atoms with E-state index in [1.165, 1.54) is 6.08 Å². The van der Waals surface area contributed by atoms with E-state index in [-0.39, 0.29) is 18.4 Å². The molecule has 0 saturated carbocycles. The molecule has 5 heteroatoms. The molecule has 0 aliphatic carbocycles. The van der Waals surface area contributed by atoms with Crippen molar-refractivity contribution in [2.45, 2.75) is 25.8 Å². The Morgan fingerprint density at radius 3 is 2.70 bits per heavy atom.